The third kappa shape index (κ3) is 1.55. The molecule has 0 N–H and O–H groups in total. The van der Waals surface area contributed by atoms with E-state index in [1.54, 1.807) is 30.9 Å². The minimum absolute atomic E-state index is 0.0892. The number of hydrogen-bond acceptors (Lipinski definition) is 4. The maximum atomic E-state index is 11.7. The molecule has 1 aliphatic heterocycles. The van der Waals surface area contributed by atoms with E-state index >= 15 is 0 Å². The van der Waals surface area contributed by atoms with Crippen LogP contribution in [0.5, 0.6) is 0 Å². The Kier molecular flexibility index (Phi) is 2.11. The Balaban J connectivity index is 1.83. The average molecular weight is 218 g/mol. The molecule has 1 aliphatic rings. The van der Waals surface area contributed by atoms with Gasteiger partial charge in [0.2, 0.25) is 0 Å². The van der Waals surface area contributed by atoms with Crippen LogP contribution in [0.1, 0.15) is 10.4 Å². The third-order valence-corrected chi connectivity index (χ3v) is 2.53. The minimum Gasteiger partial charge on any atom is -0.454 e. The van der Waals surface area contributed by atoms with Crippen molar-refractivity contribution in [2.24, 2.45) is 0 Å². The molecule has 0 saturated carbocycles. The normalized spacial score (nSPS) is 16.0. The molecule has 2 aromatic rings. The lowest BCUT2D eigenvalue weighted by Gasteiger charge is -2.25. The molecule has 3 rings (SSSR count). The Hall–Kier alpha value is -1.88. The Morgan fingerprint density at radius 1 is 1.56 bits per heavy atom. The van der Waals surface area contributed by atoms with Gasteiger partial charge in [-0.1, -0.05) is 0 Å². The highest BCUT2D eigenvalue weighted by Gasteiger charge is 2.23. The number of aromatic nitrogens is 2. The fraction of sp³-hybridized carbons (Fsp3) is 0.273. The zero-order valence-corrected chi connectivity index (χ0v) is 8.50. The van der Waals surface area contributed by atoms with Crippen molar-refractivity contribution in [3.8, 4) is 0 Å². The van der Waals surface area contributed by atoms with Gasteiger partial charge < -0.3 is 13.9 Å². The Labute approximate surface area is 91.6 Å². The third-order valence-electron chi connectivity index (χ3n) is 2.53. The average Bonchev–Trinajstić information content (AvgIpc) is 2.69. The van der Waals surface area contributed by atoms with Crippen LogP contribution in [0.2, 0.25) is 0 Å². The topological polar surface area (TPSA) is 52.8 Å². The fourth-order valence-electron chi connectivity index (χ4n) is 1.55. The van der Waals surface area contributed by atoms with Gasteiger partial charge in [0.05, 0.1) is 36.8 Å². The maximum absolute atomic E-state index is 11.7. The van der Waals surface area contributed by atoms with Gasteiger partial charge >= 0.3 is 5.97 Å². The van der Waals surface area contributed by atoms with Crippen LogP contribution in [0.4, 0.5) is 0 Å². The fourth-order valence-corrected chi connectivity index (χ4v) is 1.55. The van der Waals surface area contributed by atoms with Gasteiger partial charge in [-0.2, -0.15) is 0 Å². The number of pyridine rings is 1. The zero-order chi connectivity index (χ0) is 11.0. The molecule has 3 heterocycles. The summed E-state index contributed by atoms with van der Waals surface area (Å²) in [6.07, 6.45) is 5.08. The molecule has 0 spiro atoms. The van der Waals surface area contributed by atoms with E-state index < -0.39 is 0 Å². The van der Waals surface area contributed by atoms with Crippen molar-refractivity contribution in [1.29, 1.82) is 0 Å². The van der Waals surface area contributed by atoms with Gasteiger partial charge in [-0.25, -0.2) is 9.78 Å². The molecule has 0 aliphatic carbocycles. The maximum Gasteiger partial charge on any atom is 0.338 e. The van der Waals surface area contributed by atoms with Crippen LogP contribution in [-0.4, -0.2) is 34.7 Å². The van der Waals surface area contributed by atoms with Gasteiger partial charge in [0.1, 0.15) is 6.10 Å². The van der Waals surface area contributed by atoms with E-state index in [0.29, 0.717) is 18.8 Å². The van der Waals surface area contributed by atoms with E-state index in [1.165, 1.54) is 0 Å². The summed E-state index contributed by atoms with van der Waals surface area (Å²) in [6, 6.07) is 3.48. The van der Waals surface area contributed by atoms with Gasteiger partial charge in [0.15, 0.2) is 0 Å². The van der Waals surface area contributed by atoms with Crippen LogP contribution in [0, 0.1) is 0 Å². The number of rotatable bonds is 2. The number of hydrogen-bond donors (Lipinski definition) is 0. The van der Waals surface area contributed by atoms with E-state index in [-0.39, 0.29) is 12.1 Å². The summed E-state index contributed by atoms with van der Waals surface area (Å²) in [7, 11) is 0. The molecule has 82 valence electrons. The van der Waals surface area contributed by atoms with E-state index in [4.69, 9.17) is 9.47 Å². The van der Waals surface area contributed by atoms with E-state index in [9.17, 15) is 4.79 Å². The first-order chi connectivity index (χ1) is 7.83. The SMILES string of the molecule is O=C(OC1COC1)c1ccn2cncc2c1. The number of carbonyl (C=O) groups is 1. The van der Waals surface area contributed by atoms with E-state index in [0.717, 1.165) is 5.52 Å². The molecule has 2 aromatic heterocycles. The summed E-state index contributed by atoms with van der Waals surface area (Å²) in [5, 5.41) is 0. The largest absolute Gasteiger partial charge is 0.454 e. The molecule has 0 atom stereocenters. The van der Waals surface area contributed by atoms with Crippen molar-refractivity contribution in [3.63, 3.8) is 0 Å². The molecule has 1 saturated heterocycles. The summed E-state index contributed by atoms with van der Waals surface area (Å²) in [5.74, 6) is -0.308. The smallest absolute Gasteiger partial charge is 0.338 e. The highest BCUT2D eigenvalue weighted by atomic mass is 16.6. The molecular weight excluding hydrogens is 208 g/mol. The zero-order valence-electron chi connectivity index (χ0n) is 8.50. The minimum atomic E-state index is -0.308. The summed E-state index contributed by atoms with van der Waals surface area (Å²) in [6.45, 7) is 1.00. The molecule has 1 fully saturated rings. The highest BCUT2D eigenvalue weighted by Crippen LogP contribution is 2.12. The molecule has 0 amide bonds. The van der Waals surface area contributed by atoms with Crippen LogP contribution in [0.3, 0.4) is 0 Å². The lowest BCUT2D eigenvalue weighted by molar-refractivity contribution is -0.103. The summed E-state index contributed by atoms with van der Waals surface area (Å²) in [5.41, 5.74) is 1.42. The summed E-state index contributed by atoms with van der Waals surface area (Å²) >= 11 is 0. The summed E-state index contributed by atoms with van der Waals surface area (Å²) in [4.78, 5) is 15.7. The number of ether oxygens (including phenoxy) is 2. The Bertz CT molecular complexity index is 531. The lowest BCUT2D eigenvalue weighted by Crippen LogP contribution is -2.37. The van der Waals surface area contributed by atoms with Crippen molar-refractivity contribution in [3.05, 3.63) is 36.4 Å². The van der Waals surface area contributed by atoms with Gasteiger partial charge in [-0.05, 0) is 12.1 Å². The first kappa shape index (κ1) is 9.35. The molecule has 0 aromatic carbocycles. The number of esters is 1. The van der Waals surface area contributed by atoms with Crippen LogP contribution >= 0.6 is 0 Å². The number of nitrogens with zero attached hydrogens (tertiary/aromatic N) is 2. The number of carbonyl (C=O) groups excluding carboxylic acids is 1. The Morgan fingerprint density at radius 2 is 2.44 bits per heavy atom. The first-order valence-corrected chi connectivity index (χ1v) is 5.03. The number of imidazole rings is 1. The standard InChI is InChI=1S/C11H10N2O3/c14-11(16-10-5-15-6-10)8-1-2-13-7-12-4-9(13)3-8/h1-4,7,10H,5-6H2. The van der Waals surface area contributed by atoms with Crippen molar-refractivity contribution >= 4 is 11.5 Å². The van der Waals surface area contributed by atoms with E-state index in [1.807, 2.05) is 4.40 Å². The van der Waals surface area contributed by atoms with Crippen LogP contribution in [0.25, 0.3) is 5.52 Å². The second-order valence-electron chi connectivity index (χ2n) is 3.71. The molecule has 0 unspecified atom stereocenters. The van der Waals surface area contributed by atoms with Crippen LogP contribution in [0.15, 0.2) is 30.9 Å². The predicted molar refractivity (Wildman–Crippen MR) is 55.2 cm³/mol. The van der Waals surface area contributed by atoms with Gasteiger partial charge in [0.25, 0.3) is 0 Å². The predicted octanol–water partition coefficient (Wildman–Crippen LogP) is 0.890. The molecule has 0 bridgehead atoms. The van der Waals surface area contributed by atoms with Crippen molar-refractivity contribution in [1.82, 2.24) is 9.38 Å². The molecule has 5 heteroatoms. The van der Waals surface area contributed by atoms with Crippen molar-refractivity contribution < 1.29 is 14.3 Å². The van der Waals surface area contributed by atoms with Gasteiger partial charge in [-0.3, -0.25) is 0 Å². The van der Waals surface area contributed by atoms with E-state index in [2.05, 4.69) is 4.98 Å². The van der Waals surface area contributed by atoms with Crippen LogP contribution in [-0.2, 0) is 9.47 Å². The molecular formula is C11H10N2O3. The summed E-state index contributed by atoms with van der Waals surface area (Å²) < 4.78 is 12.0. The highest BCUT2D eigenvalue weighted by molar-refractivity contribution is 5.90. The van der Waals surface area contributed by atoms with Crippen LogP contribution < -0.4 is 0 Å². The lowest BCUT2D eigenvalue weighted by atomic mass is 10.2. The van der Waals surface area contributed by atoms with Crippen molar-refractivity contribution in [2.45, 2.75) is 6.10 Å². The van der Waals surface area contributed by atoms with Gasteiger partial charge in [-0.15, -0.1) is 0 Å². The quantitative estimate of drug-likeness (QED) is 0.702. The molecule has 5 nitrogen and oxygen atoms in total. The molecule has 0 radical (unpaired) electrons. The van der Waals surface area contributed by atoms with Crippen molar-refractivity contribution in [2.75, 3.05) is 13.2 Å². The second kappa shape index (κ2) is 3.61. The second-order valence-corrected chi connectivity index (χ2v) is 3.71. The first-order valence-electron chi connectivity index (χ1n) is 5.03. The van der Waals surface area contributed by atoms with Gasteiger partial charge in [0, 0.05) is 6.20 Å². The number of fused-ring (bicyclic) bond motifs is 1. The molecule has 16 heavy (non-hydrogen) atoms. The Morgan fingerprint density at radius 3 is 3.19 bits per heavy atom. The monoisotopic (exact) mass is 218 g/mol.